The van der Waals surface area contributed by atoms with Crippen LogP contribution in [0.1, 0.15) is 20.8 Å². The maximum Gasteiger partial charge on any atom is 0.410 e. The summed E-state index contributed by atoms with van der Waals surface area (Å²) in [5.41, 5.74) is -0.480. The highest BCUT2D eigenvalue weighted by molar-refractivity contribution is 5.68. The maximum absolute atomic E-state index is 12.1. The van der Waals surface area contributed by atoms with Gasteiger partial charge in [0.25, 0.3) is 0 Å². The molecule has 0 N–H and O–H groups in total. The van der Waals surface area contributed by atoms with Gasteiger partial charge in [-0.2, -0.15) is 4.68 Å². The molecular weight excluding hydrogens is 312 g/mol. The first kappa shape index (κ1) is 16.1. The van der Waals surface area contributed by atoms with E-state index in [1.807, 2.05) is 20.8 Å². The Bertz CT molecular complexity index is 672. The number of aromatic nitrogens is 6. The fraction of sp³-hybridized carbons (Fsp3) is 0.571. The number of ether oxygens (including phenoxy) is 1. The Hall–Kier alpha value is -2.78. The van der Waals surface area contributed by atoms with E-state index in [0.717, 1.165) is 5.82 Å². The van der Waals surface area contributed by atoms with Crippen molar-refractivity contribution in [1.29, 1.82) is 0 Å². The van der Waals surface area contributed by atoms with Crippen molar-refractivity contribution in [3.63, 3.8) is 0 Å². The van der Waals surface area contributed by atoms with E-state index in [9.17, 15) is 4.79 Å². The Morgan fingerprint density at radius 2 is 1.75 bits per heavy atom. The number of carbonyl (C=O) groups excluding carboxylic acids is 1. The molecule has 1 aliphatic rings. The number of rotatable bonds is 2. The fourth-order valence-electron chi connectivity index (χ4n) is 2.31. The van der Waals surface area contributed by atoms with Crippen molar-refractivity contribution in [1.82, 2.24) is 35.1 Å². The Balaban J connectivity index is 1.58. The molecule has 3 rings (SSSR count). The van der Waals surface area contributed by atoms with E-state index >= 15 is 0 Å². The first-order valence-electron chi connectivity index (χ1n) is 7.71. The lowest BCUT2D eigenvalue weighted by Crippen LogP contribution is -2.50. The zero-order valence-electron chi connectivity index (χ0n) is 14.0. The number of hydrogen-bond acceptors (Lipinski definition) is 8. The van der Waals surface area contributed by atoms with Crippen LogP contribution in [-0.2, 0) is 4.74 Å². The second kappa shape index (κ2) is 6.38. The van der Waals surface area contributed by atoms with Gasteiger partial charge in [0.1, 0.15) is 17.7 Å². The molecule has 3 heterocycles. The number of carbonyl (C=O) groups is 1. The van der Waals surface area contributed by atoms with Crippen LogP contribution in [0.2, 0.25) is 0 Å². The fourth-order valence-corrected chi connectivity index (χ4v) is 2.31. The van der Waals surface area contributed by atoms with Crippen molar-refractivity contribution in [2.24, 2.45) is 0 Å². The predicted octanol–water partition coefficient (Wildman–Crippen LogP) is 0.509. The monoisotopic (exact) mass is 332 g/mol. The third-order valence-corrected chi connectivity index (χ3v) is 3.46. The highest BCUT2D eigenvalue weighted by atomic mass is 16.6. The summed E-state index contributed by atoms with van der Waals surface area (Å²) >= 11 is 0. The molecule has 1 saturated heterocycles. The minimum absolute atomic E-state index is 0.276. The second-order valence-electron chi connectivity index (χ2n) is 6.44. The molecule has 128 valence electrons. The number of tetrazole rings is 1. The first-order valence-corrected chi connectivity index (χ1v) is 7.71. The Morgan fingerprint density at radius 3 is 2.29 bits per heavy atom. The van der Waals surface area contributed by atoms with E-state index in [-0.39, 0.29) is 6.09 Å². The van der Waals surface area contributed by atoms with Crippen LogP contribution >= 0.6 is 0 Å². The summed E-state index contributed by atoms with van der Waals surface area (Å²) in [5, 5.41) is 10.9. The number of hydrogen-bond donors (Lipinski definition) is 0. The number of amides is 1. The SMILES string of the molecule is CC(C)(C)OC(=O)N1CCN(c2cnc(-n3cnnn3)cn2)CC1. The molecule has 0 saturated carbocycles. The highest BCUT2D eigenvalue weighted by Crippen LogP contribution is 2.15. The molecular formula is C14H20N8O2. The van der Waals surface area contributed by atoms with Gasteiger partial charge in [-0.25, -0.2) is 14.8 Å². The number of anilines is 1. The van der Waals surface area contributed by atoms with Gasteiger partial charge < -0.3 is 14.5 Å². The smallest absolute Gasteiger partial charge is 0.410 e. The van der Waals surface area contributed by atoms with Crippen molar-refractivity contribution in [3.05, 3.63) is 18.7 Å². The van der Waals surface area contributed by atoms with Crippen LogP contribution in [0.5, 0.6) is 0 Å². The molecule has 0 aromatic carbocycles. The molecule has 2 aromatic heterocycles. The number of nitrogens with zero attached hydrogens (tertiary/aromatic N) is 8. The molecule has 1 fully saturated rings. The third-order valence-electron chi connectivity index (χ3n) is 3.46. The largest absolute Gasteiger partial charge is 0.444 e. The van der Waals surface area contributed by atoms with Gasteiger partial charge in [-0.3, -0.25) is 0 Å². The molecule has 0 atom stereocenters. The van der Waals surface area contributed by atoms with Crippen LogP contribution in [0.3, 0.4) is 0 Å². The summed E-state index contributed by atoms with van der Waals surface area (Å²) in [6, 6.07) is 0. The molecule has 0 spiro atoms. The lowest BCUT2D eigenvalue weighted by Gasteiger charge is -2.36. The van der Waals surface area contributed by atoms with Crippen LogP contribution in [0.15, 0.2) is 18.7 Å². The quantitative estimate of drug-likeness (QED) is 0.784. The van der Waals surface area contributed by atoms with Gasteiger partial charge in [0.05, 0.1) is 12.4 Å². The zero-order valence-corrected chi connectivity index (χ0v) is 14.0. The van der Waals surface area contributed by atoms with Crippen LogP contribution < -0.4 is 4.90 Å². The van der Waals surface area contributed by atoms with E-state index in [1.165, 1.54) is 11.0 Å². The lowest BCUT2D eigenvalue weighted by atomic mass is 10.2. The number of piperazine rings is 1. The Labute approximate surface area is 139 Å². The van der Waals surface area contributed by atoms with E-state index in [4.69, 9.17) is 4.74 Å². The van der Waals surface area contributed by atoms with Crippen molar-refractivity contribution in [2.75, 3.05) is 31.1 Å². The zero-order chi connectivity index (χ0) is 17.2. The van der Waals surface area contributed by atoms with Gasteiger partial charge in [-0.1, -0.05) is 0 Å². The van der Waals surface area contributed by atoms with Gasteiger partial charge in [0, 0.05) is 26.2 Å². The topological polar surface area (TPSA) is 102 Å². The molecule has 0 aliphatic carbocycles. The third kappa shape index (κ3) is 3.76. The molecule has 10 nitrogen and oxygen atoms in total. The maximum atomic E-state index is 12.1. The normalized spacial score (nSPS) is 15.5. The van der Waals surface area contributed by atoms with Crippen LogP contribution in [0.4, 0.5) is 10.6 Å². The minimum atomic E-state index is -0.480. The van der Waals surface area contributed by atoms with Gasteiger partial charge in [-0.05, 0) is 31.2 Å². The molecule has 24 heavy (non-hydrogen) atoms. The average Bonchev–Trinajstić information content (AvgIpc) is 3.08. The van der Waals surface area contributed by atoms with Crippen LogP contribution in [-0.4, -0.2) is 72.9 Å². The lowest BCUT2D eigenvalue weighted by molar-refractivity contribution is 0.0240. The molecule has 0 unspecified atom stereocenters. The summed E-state index contributed by atoms with van der Waals surface area (Å²) in [4.78, 5) is 24.6. The Kier molecular flexibility index (Phi) is 4.28. The van der Waals surface area contributed by atoms with Gasteiger partial charge >= 0.3 is 6.09 Å². The molecule has 2 aromatic rings. The van der Waals surface area contributed by atoms with Crippen LogP contribution in [0, 0.1) is 0 Å². The van der Waals surface area contributed by atoms with Crippen molar-refractivity contribution >= 4 is 11.9 Å². The summed E-state index contributed by atoms with van der Waals surface area (Å²) in [7, 11) is 0. The van der Waals surface area contributed by atoms with E-state index in [0.29, 0.717) is 32.0 Å². The van der Waals surface area contributed by atoms with Crippen molar-refractivity contribution in [3.8, 4) is 5.82 Å². The minimum Gasteiger partial charge on any atom is -0.444 e. The standard InChI is InChI=1S/C14H20N8O2/c1-14(2,3)24-13(23)21-6-4-20(5-7-21)11-8-16-12(9-15-11)22-10-17-18-19-22/h8-10H,4-7H2,1-3H3. The molecule has 10 heteroatoms. The van der Waals surface area contributed by atoms with Gasteiger partial charge in [-0.15, -0.1) is 5.10 Å². The highest BCUT2D eigenvalue weighted by Gasteiger charge is 2.26. The molecule has 0 radical (unpaired) electrons. The second-order valence-corrected chi connectivity index (χ2v) is 6.44. The summed E-state index contributed by atoms with van der Waals surface area (Å²) < 4.78 is 6.84. The van der Waals surface area contributed by atoms with Gasteiger partial charge in [0.2, 0.25) is 0 Å². The van der Waals surface area contributed by atoms with Crippen molar-refractivity contribution < 1.29 is 9.53 Å². The summed E-state index contributed by atoms with van der Waals surface area (Å²) in [6.07, 6.45) is 4.48. The summed E-state index contributed by atoms with van der Waals surface area (Å²) in [6.45, 7) is 8.13. The van der Waals surface area contributed by atoms with Crippen molar-refractivity contribution in [2.45, 2.75) is 26.4 Å². The Morgan fingerprint density at radius 1 is 1.08 bits per heavy atom. The van der Waals surface area contributed by atoms with Gasteiger partial charge in [0.15, 0.2) is 5.82 Å². The van der Waals surface area contributed by atoms with E-state index < -0.39 is 5.60 Å². The molecule has 1 amide bonds. The average molecular weight is 332 g/mol. The first-order chi connectivity index (χ1) is 11.4. The van der Waals surface area contributed by atoms with E-state index in [1.54, 1.807) is 17.3 Å². The molecule has 1 aliphatic heterocycles. The van der Waals surface area contributed by atoms with Crippen LogP contribution in [0.25, 0.3) is 5.82 Å². The van der Waals surface area contributed by atoms with E-state index in [2.05, 4.69) is 30.4 Å². The summed E-state index contributed by atoms with van der Waals surface area (Å²) in [5.74, 6) is 1.31. The molecule has 0 bridgehead atoms. The predicted molar refractivity (Wildman–Crippen MR) is 84.8 cm³/mol.